The largest absolute Gasteiger partial charge is 0.343 e. The molecule has 126 valence electrons. The Morgan fingerprint density at radius 2 is 1.92 bits per heavy atom. The van der Waals surface area contributed by atoms with E-state index in [1.165, 1.54) is 18.3 Å². The van der Waals surface area contributed by atoms with Gasteiger partial charge in [-0.15, -0.1) is 0 Å². The molecule has 0 saturated carbocycles. The molecule has 0 aliphatic carbocycles. The first-order valence-corrected chi connectivity index (χ1v) is 8.36. The van der Waals surface area contributed by atoms with Crippen LogP contribution in [0.2, 0.25) is 0 Å². The summed E-state index contributed by atoms with van der Waals surface area (Å²) >= 11 is 3.46. The summed E-state index contributed by atoms with van der Waals surface area (Å²) in [6.07, 6.45) is 1.32. The highest BCUT2D eigenvalue weighted by molar-refractivity contribution is 9.10. The molecule has 0 aliphatic rings. The van der Waals surface area contributed by atoms with Gasteiger partial charge in [0.25, 0.3) is 11.7 Å². The summed E-state index contributed by atoms with van der Waals surface area (Å²) in [5.74, 6) is -3.76. The fraction of sp³-hybridized carbons (Fsp3) is 0.133. The number of rotatable bonds is 6. The summed E-state index contributed by atoms with van der Waals surface area (Å²) in [7, 11) is 0. The van der Waals surface area contributed by atoms with Gasteiger partial charge in [0.2, 0.25) is 5.91 Å². The van der Waals surface area contributed by atoms with Gasteiger partial charge in [0, 0.05) is 16.4 Å². The van der Waals surface area contributed by atoms with Gasteiger partial charge >= 0.3 is 0 Å². The third kappa shape index (κ3) is 5.57. The zero-order valence-electron chi connectivity index (χ0n) is 12.1. The maximum Gasteiger partial charge on any atom is 0.290 e. The highest BCUT2D eigenvalue weighted by Crippen LogP contribution is 2.26. The second-order valence-electron chi connectivity index (χ2n) is 4.47. The standard InChI is InChI=1S/C15H12BrF2N3O2S/c16-9-3-5-10(6-4-9)21-12(22)8-20-13(23)11-2-1-7-19-14(11)24-15(17)18/h1-7,15H,8H2,(H,20,23)(H,21,22). The van der Waals surface area contributed by atoms with Crippen molar-refractivity contribution in [3.8, 4) is 0 Å². The van der Waals surface area contributed by atoms with Crippen LogP contribution in [0, 0.1) is 0 Å². The molecule has 2 N–H and O–H groups in total. The molecule has 2 aromatic rings. The van der Waals surface area contributed by atoms with Gasteiger partial charge in [0.05, 0.1) is 12.1 Å². The monoisotopic (exact) mass is 415 g/mol. The fourth-order valence-corrected chi connectivity index (χ4v) is 2.58. The third-order valence-electron chi connectivity index (χ3n) is 2.75. The van der Waals surface area contributed by atoms with Crippen LogP contribution >= 0.6 is 27.7 Å². The van der Waals surface area contributed by atoms with Gasteiger partial charge < -0.3 is 10.6 Å². The first-order chi connectivity index (χ1) is 11.5. The van der Waals surface area contributed by atoms with Crippen molar-refractivity contribution >= 4 is 45.2 Å². The van der Waals surface area contributed by atoms with Crippen LogP contribution in [0.4, 0.5) is 14.5 Å². The first-order valence-electron chi connectivity index (χ1n) is 6.69. The molecule has 24 heavy (non-hydrogen) atoms. The maximum atomic E-state index is 12.5. The first kappa shape index (κ1) is 18.3. The minimum absolute atomic E-state index is 0.000702. The molecule has 0 atom stereocenters. The number of aromatic nitrogens is 1. The van der Waals surface area contributed by atoms with Crippen LogP contribution in [0.5, 0.6) is 0 Å². The molecular formula is C15H12BrF2N3O2S. The molecule has 0 unspecified atom stereocenters. The normalized spacial score (nSPS) is 10.5. The molecule has 1 heterocycles. The summed E-state index contributed by atoms with van der Waals surface area (Å²) in [5, 5.41) is 4.91. The average molecular weight is 416 g/mol. The Labute approximate surface area is 149 Å². The highest BCUT2D eigenvalue weighted by atomic mass is 79.9. The van der Waals surface area contributed by atoms with E-state index in [4.69, 9.17) is 0 Å². The van der Waals surface area contributed by atoms with Crippen molar-refractivity contribution in [3.63, 3.8) is 0 Å². The number of carbonyl (C=O) groups excluding carboxylic acids is 2. The molecule has 5 nitrogen and oxygen atoms in total. The number of carbonyl (C=O) groups is 2. The average Bonchev–Trinajstić information content (AvgIpc) is 2.55. The number of pyridine rings is 1. The topological polar surface area (TPSA) is 71.1 Å². The minimum Gasteiger partial charge on any atom is -0.343 e. The Morgan fingerprint density at radius 1 is 1.21 bits per heavy atom. The lowest BCUT2D eigenvalue weighted by molar-refractivity contribution is -0.115. The Morgan fingerprint density at radius 3 is 2.58 bits per heavy atom. The number of alkyl halides is 2. The molecule has 0 radical (unpaired) electrons. The second-order valence-corrected chi connectivity index (χ2v) is 6.37. The molecule has 0 fully saturated rings. The van der Waals surface area contributed by atoms with E-state index in [0.717, 1.165) is 4.47 Å². The van der Waals surface area contributed by atoms with Crippen molar-refractivity contribution in [2.24, 2.45) is 0 Å². The SMILES string of the molecule is O=C(CNC(=O)c1cccnc1SC(F)F)Nc1ccc(Br)cc1. The molecule has 9 heteroatoms. The number of nitrogens with one attached hydrogen (secondary N) is 2. The van der Waals surface area contributed by atoms with Gasteiger partial charge in [0.1, 0.15) is 5.03 Å². The minimum atomic E-state index is -2.69. The van der Waals surface area contributed by atoms with Crippen LogP contribution < -0.4 is 10.6 Å². The lowest BCUT2D eigenvalue weighted by Gasteiger charge is -2.09. The fourth-order valence-electron chi connectivity index (χ4n) is 1.74. The van der Waals surface area contributed by atoms with Crippen LogP contribution in [0.25, 0.3) is 0 Å². The number of amides is 2. The summed E-state index contributed by atoms with van der Waals surface area (Å²) in [6, 6.07) is 9.76. The predicted molar refractivity (Wildman–Crippen MR) is 91.2 cm³/mol. The number of nitrogens with zero attached hydrogens (tertiary/aromatic N) is 1. The van der Waals surface area contributed by atoms with Crippen LogP contribution in [0.15, 0.2) is 52.1 Å². The van der Waals surface area contributed by atoms with E-state index < -0.39 is 17.6 Å². The molecular weight excluding hydrogens is 404 g/mol. The number of halogens is 3. The van der Waals surface area contributed by atoms with Crippen molar-refractivity contribution in [1.82, 2.24) is 10.3 Å². The molecule has 0 aliphatic heterocycles. The van der Waals surface area contributed by atoms with Gasteiger partial charge in [-0.2, -0.15) is 8.78 Å². The molecule has 2 rings (SSSR count). The van der Waals surface area contributed by atoms with E-state index in [1.54, 1.807) is 24.3 Å². The Bertz CT molecular complexity index is 729. The van der Waals surface area contributed by atoms with Crippen LogP contribution in [0.1, 0.15) is 10.4 Å². The van der Waals surface area contributed by atoms with Gasteiger partial charge in [-0.05, 0) is 48.2 Å². The van der Waals surface area contributed by atoms with E-state index in [2.05, 4.69) is 31.5 Å². The Hall–Kier alpha value is -2.00. The van der Waals surface area contributed by atoms with E-state index in [1.807, 2.05) is 0 Å². The molecule has 1 aromatic heterocycles. The van der Waals surface area contributed by atoms with E-state index >= 15 is 0 Å². The quantitative estimate of drug-likeness (QED) is 0.707. The van der Waals surface area contributed by atoms with Crippen LogP contribution in [-0.2, 0) is 4.79 Å². The Kier molecular flexibility index (Phi) is 6.68. The summed E-state index contributed by atoms with van der Waals surface area (Å²) in [5.41, 5.74) is 0.576. The van der Waals surface area contributed by atoms with Gasteiger partial charge in [-0.25, -0.2) is 4.98 Å². The molecule has 0 spiro atoms. The number of anilines is 1. The smallest absolute Gasteiger partial charge is 0.290 e. The van der Waals surface area contributed by atoms with Crippen molar-refractivity contribution in [1.29, 1.82) is 0 Å². The zero-order chi connectivity index (χ0) is 17.5. The zero-order valence-corrected chi connectivity index (χ0v) is 14.5. The summed E-state index contributed by atoms with van der Waals surface area (Å²) < 4.78 is 25.8. The number of hydrogen-bond acceptors (Lipinski definition) is 4. The summed E-state index contributed by atoms with van der Waals surface area (Å²) in [6.45, 7) is -0.289. The highest BCUT2D eigenvalue weighted by Gasteiger charge is 2.17. The predicted octanol–water partition coefficient (Wildman–Crippen LogP) is 3.53. The van der Waals surface area contributed by atoms with Gasteiger partial charge in [-0.1, -0.05) is 15.9 Å². The van der Waals surface area contributed by atoms with Crippen molar-refractivity contribution < 1.29 is 18.4 Å². The Balaban J connectivity index is 1.93. The van der Waals surface area contributed by atoms with Gasteiger partial charge in [0.15, 0.2) is 0 Å². The van der Waals surface area contributed by atoms with E-state index in [-0.39, 0.29) is 28.9 Å². The molecule has 2 amide bonds. The summed E-state index contributed by atoms with van der Waals surface area (Å²) in [4.78, 5) is 27.6. The number of hydrogen-bond donors (Lipinski definition) is 2. The lowest BCUT2D eigenvalue weighted by Crippen LogP contribution is -2.33. The van der Waals surface area contributed by atoms with Gasteiger partial charge in [-0.3, -0.25) is 9.59 Å². The lowest BCUT2D eigenvalue weighted by atomic mass is 10.2. The second kappa shape index (κ2) is 8.74. The van der Waals surface area contributed by atoms with Crippen molar-refractivity contribution in [2.45, 2.75) is 10.8 Å². The van der Waals surface area contributed by atoms with E-state index in [0.29, 0.717) is 5.69 Å². The van der Waals surface area contributed by atoms with Crippen LogP contribution in [0.3, 0.4) is 0 Å². The number of benzene rings is 1. The molecule has 1 aromatic carbocycles. The van der Waals surface area contributed by atoms with E-state index in [9.17, 15) is 18.4 Å². The van der Waals surface area contributed by atoms with Crippen LogP contribution in [-0.4, -0.2) is 29.1 Å². The number of thioether (sulfide) groups is 1. The van der Waals surface area contributed by atoms with Crippen molar-refractivity contribution in [2.75, 3.05) is 11.9 Å². The van der Waals surface area contributed by atoms with Crippen molar-refractivity contribution in [3.05, 3.63) is 52.6 Å². The molecule has 0 bridgehead atoms. The molecule has 0 saturated heterocycles. The third-order valence-corrected chi connectivity index (χ3v) is 4.01. The maximum absolute atomic E-state index is 12.5.